The van der Waals surface area contributed by atoms with Gasteiger partial charge in [0.1, 0.15) is 4.92 Å². The summed E-state index contributed by atoms with van der Waals surface area (Å²) in [6, 6.07) is 6.91. The van der Waals surface area contributed by atoms with Crippen molar-refractivity contribution in [3.63, 3.8) is 0 Å². The monoisotopic (exact) mass is 454 g/mol. The quantitative estimate of drug-likeness (QED) is 0.310. The number of aryl methyl sites for hydroxylation is 1. The van der Waals surface area contributed by atoms with Gasteiger partial charge in [-0.1, -0.05) is 19.8 Å². The number of unbranched alkanes of at least 4 members (excludes halogenated alkanes) is 2. The number of nitrogens with one attached hydrogen (secondary N) is 1. The molecule has 0 saturated carbocycles. The van der Waals surface area contributed by atoms with Crippen molar-refractivity contribution in [2.75, 3.05) is 43.4 Å². The van der Waals surface area contributed by atoms with Crippen LogP contribution in [0.1, 0.15) is 33.1 Å². The SMILES string of the molecule is CCCCCn1c(-c2ccc([N+](=O)[O-])o2)nc2cc(NC(C)=O)c(N3CCN(C)CC3)cc21. The summed E-state index contributed by atoms with van der Waals surface area (Å²) in [5.41, 5.74) is 3.31. The van der Waals surface area contributed by atoms with Crippen molar-refractivity contribution in [1.29, 1.82) is 0 Å². The number of carbonyl (C=O) groups excluding carboxylic acids is 1. The van der Waals surface area contributed by atoms with E-state index in [0.29, 0.717) is 17.1 Å². The second kappa shape index (κ2) is 9.62. The number of carbonyl (C=O) groups is 1. The molecule has 1 N–H and O–H groups in total. The minimum atomic E-state index is -0.548. The van der Waals surface area contributed by atoms with E-state index in [4.69, 9.17) is 9.40 Å². The number of nitrogens with zero attached hydrogens (tertiary/aromatic N) is 5. The van der Waals surface area contributed by atoms with Gasteiger partial charge in [-0.15, -0.1) is 0 Å². The van der Waals surface area contributed by atoms with Gasteiger partial charge in [0.25, 0.3) is 0 Å². The first-order valence-corrected chi connectivity index (χ1v) is 11.4. The molecule has 176 valence electrons. The fourth-order valence-corrected chi connectivity index (χ4v) is 4.24. The minimum absolute atomic E-state index is 0.144. The number of imidazole rings is 1. The van der Waals surface area contributed by atoms with E-state index in [1.807, 2.05) is 6.07 Å². The molecule has 1 aliphatic rings. The van der Waals surface area contributed by atoms with Crippen LogP contribution in [0.25, 0.3) is 22.6 Å². The number of hydrogen-bond acceptors (Lipinski definition) is 7. The Balaban J connectivity index is 1.84. The van der Waals surface area contributed by atoms with E-state index in [1.54, 1.807) is 6.07 Å². The molecule has 10 heteroatoms. The molecule has 4 rings (SSSR count). The third kappa shape index (κ3) is 4.85. The van der Waals surface area contributed by atoms with Crippen molar-refractivity contribution in [2.45, 2.75) is 39.7 Å². The van der Waals surface area contributed by atoms with Crippen LogP contribution in [-0.2, 0) is 11.3 Å². The summed E-state index contributed by atoms with van der Waals surface area (Å²) < 4.78 is 7.57. The lowest BCUT2D eigenvalue weighted by atomic mass is 10.1. The number of hydrogen-bond donors (Lipinski definition) is 1. The molecule has 1 amide bonds. The van der Waals surface area contributed by atoms with Gasteiger partial charge < -0.3 is 24.1 Å². The first-order valence-electron chi connectivity index (χ1n) is 11.4. The lowest BCUT2D eigenvalue weighted by molar-refractivity contribution is -0.401. The molecule has 33 heavy (non-hydrogen) atoms. The van der Waals surface area contributed by atoms with Crippen molar-refractivity contribution < 1.29 is 14.1 Å². The standard InChI is InChI=1S/C23H30N6O4/c1-4-5-6-9-28-20-15-19(27-12-10-26(3)11-13-27)17(24-16(2)30)14-18(20)25-23(28)21-7-8-22(33-21)29(31)32/h7-8,14-15H,4-6,9-13H2,1-3H3,(H,24,30). The molecule has 1 fully saturated rings. The first kappa shape index (κ1) is 22.8. The Morgan fingerprint density at radius 3 is 2.61 bits per heavy atom. The van der Waals surface area contributed by atoms with Crippen LogP contribution in [0.5, 0.6) is 0 Å². The Morgan fingerprint density at radius 2 is 1.97 bits per heavy atom. The molecule has 3 heterocycles. The van der Waals surface area contributed by atoms with Crippen LogP contribution in [-0.4, -0.2) is 58.5 Å². The number of nitro groups is 1. The van der Waals surface area contributed by atoms with Crippen LogP contribution < -0.4 is 10.2 Å². The molecular formula is C23H30N6O4. The van der Waals surface area contributed by atoms with Crippen LogP contribution in [0.4, 0.5) is 17.3 Å². The lowest BCUT2D eigenvalue weighted by Gasteiger charge is -2.35. The number of rotatable bonds is 8. The molecule has 0 bridgehead atoms. The van der Waals surface area contributed by atoms with E-state index in [1.165, 1.54) is 13.0 Å². The fourth-order valence-electron chi connectivity index (χ4n) is 4.24. The highest BCUT2D eigenvalue weighted by molar-refractivity contribution is 5.98. The number of likely N-dealkylation sites (N-methyl/N-ethyl adjacent to an activating group) is 1. The Bertz CT molecular complexity index is 1160. The van der Waals surface area contributed by atoms with Crippen molar-refractivity contribution >= 4 is 34.2 Å². The zero-order valence-electron chi connectivity index (χ0n) is 19.3. The van der Waals surface area contributed by atoms with Crippen LogP contribution in [0.15, 0.2) is 28.7 Å². The lowest BCUT2D eigenvalue weighted by Crippen LogP contribution is -2.44. The predicted octanol–water partition coefficient (Wildman–Crippen LogP) is 4.10. The topological polar surface area (TPSA) is 110 Å². The highest BCUT2D eigenvalue weighted by Crippen LogP contribution is 2.36. The summed E-state index contributed by atoms with van der Waals surface area (Å²) in [7, 11) is 2.10. The van der Waals surface area contributed by atoms with Gasteiger partial charge in [0.2, 0.25) is 5.91 Å². The van der Waals surface area contributed by atoms with Crippen molar-refractivity contribution in [3.8, 4) is 11.6 Å². The van der Waals surface area contributed by atoms with E-state index in [9.17, 15) is 14.9 Å². The third-order valence-corrected chi connectivity index (χ3v) is 6.00. The van der Waals surface area contributed by atoms with Crippen LogP contribution >= 0.6 is 0 Å². The Morgan fingerprint density at radius 1 is 1.21 bits per heavy atom. The Labute approximate surface area is 192 Å². The molecule has 3 aromatic rings. The normalized spacial score (nSPS) is 14.7. The zero-order chi connectivity index (χ0) is 23.5. The molecule has 10 nitrogen and oxygen atoms in total. The van der Waals surface area contributed by atoms with Gasteiger partial charge in [0.05, 0.1) is 28.5 Å². The number of benzene rings is 1. The highest BCUT2D eigenvalue weighted by Gasteiger charge is 2.23. The summed E-state index contributed by atoms with van der Waals surface area (Å²) in [5.74, 6) is 0.457. The second-order valence-electron chi connectivity index (χ2n) is 8.52. The van der Waals surface area contributed by atoms with Crippen LogP contribution in [0, 0.1) is 10.1 Å². The average molecular weight is 455 g/mol. The van der Waals surface area contributed by atoms with Gasteiger partial charge in [-0.2, -0.15) is 0 Å². The maximum Gasteiger partial charge on any atom is 0.433 e. The number of amides is 1. The third-order valence-electron chi connectivity index (χ3n) is 6.00. The number of furan rings is 1. The summed E-state index contributed by atoms with van der Waals surface area (Å²) in [6.45, 7) is 7.95. The largest absolute Gasteiger partial charge is 0.433 e. The zero-order valence-corrected chi connectivity index (χ0v) is 19.3. The number of anilines is 2. The Kier molecular flexibility index (Phi) is 6.64. The number of aromatic nitrogens is 2. The summed E-state index contributed by atoms with van der Waals surface area (Å²) in [6.07, 6.45) is 3.09. The Hall–Kier alpha value is -3.40. The molecule has 1 aliphatic heterocycles. The molecule has 0 aliphatic carbocycles. The van der Waals surface area contributed by atoms with E-state index >= 15 is 0 Å². The van der Waals surface area contributed by atoms with Gasteiger partial charge in [-0.25, -0.2) is 4.98 Å². The molecule has 2 aromatic heterocycles. The van der Waals surface area contributed by atoms with Crippen LogP contribution in [0.2, 0.25) is 0 Å². The van der Waals surface area contributed by atoms with Gasteiger partial charge in [0, 0.05) is 39.6 Å². The molecular weight excluding hydrogens is 424 g/mol. The van der Waals surface area contributed by atoms with Gasteiger partial charge in [0.15, 0.2) is 11.6 Å². The average Bonchev–Trinajstić information content (AvgIpc) is 3.39. The molecule has 0 radical (unpaired) electrons. The maximum absolute atomic E-state index is 11.9. The van der Waals surface area contributed by atoms with Crippen molar-refractivity contribution in [2.24, 2.45) is 0 Å². The van der Waals surface area contributed by atoms with Gasteiger partial charge in [-0.3, -0.25) is 14.9 Å². The molecule has 1 saturated heterocycles. The van der Waals surface area contributed by atoms with E-state index < -0.39 is 4.92 Å². The van der Waals surface area contributed by atoms with Crippen molar-refractivity contribution in [1.82, 2.24) is 14.5 Å². The number of fused-ring (bicyclic) bond motifs is 1. The fraction of sp³-hybridized carbons (Fsp3) is 0.478. The van der Waals surface area contributed by atoms with Crippen LogP contribution in [0.3, 0.4) is 0 Å². The van der Waals surface area contributed by atoms with Crippen molar-refractivity contribution in [3.05, 3.63) is 34.4 Å². The predicted molar refractivity (Wildman–Crippen MR) is 128 cm³/mol. The molecule has 0 spiro atoms. The van der Waals surface area contributed by atoms with Gasteiger partial charge >= 0.3 is 5.88 Å². The summed E-state index contributed by atoms with van der Waals surface area (Å²) in [5, 5.41) is 14.1. The second-order valence-corrected chi connectivity index (χ2v) is 8.52. The van der Waals surface area contributed by atoms with E-state index in [0.717, 1.165) is 68.9 Å². The minimum Gasteiger partial charge on any atom is -0.397 e. The van der Waals surface area contributed by atoms with E-state index in [2.05, 4.69) is 39.7 Å². The molecule has 1 aromatic carbocycles. The highest BCUT2D eigenvalue weighted by atomic mass is 16.6. The van der Waals surface area contributed by atoms with Gasteiger partial charge in [-0.05, 0) is 31.7 Å². The molecule has 0 atom stereocenters. The van der Waals surface area contributed by atoms with E-state index in [-0.39, 0.29) is 11.8 Å². The first-order chi connectivity index (χ1) is 15.9. The maximum atomic E-state index is 11.9. The smallest absolute Gasteiger partial charge is 0.397 e. The molecule has 0 unspecified atom stereocenters. The summed E-state index contributed by atoms with van der Waals surface area (Å²) in [4.78, 5) is 31.9. The summed E-state index contributed by atoms with van der Waals surface area (Å²) >= 11 is 0. The number of piperazine rings is 1.